The number of ether oxygens (including phenoxy) is 1. The molecule has 3 rings (SSSR count). The maximum Gasteiger partial charge on any atom is 0.277 e. The second-order valence-corrected chi connectivity index (χ2v) is 5.91. The molecule has 0 unspecified atom stereocenters. The molecule has 0 aliphatic carbocycles. The topological polar surface area (TPSA) is 48.2 Å². The summed E-state index contributed by atoms with van der Waals surface area (Å²) in [6, 6.07) is 12.3. The minimum Gasteiger partial charge on any atom is -0.496 e. The first-order valence-electron chi connectivity index (χ1n) is 7.01. The average Bonchev–Trinajstić information content (AvgIpc) is 3.02. The molecule has 1 aromatic heterocycles. The van der Waals surface area contributed by atoms with Crippen LogP contribution < -0.4 is 4.74 Å². The van der Waals surface area contributed by atoms with Crippen molar-refractivity contribution in [1.29, 1.82) is 0 Å². The van der Waals surface area contributed by atoms with E-state index in [4.69, 9.17) is 9.15 Å². The summed E-state index contributed by atoms with van der Waals surface area (Å²) in [5.74, 6) is 1.29. The van der Waals surface area contributed by atoms with Gasteiger partial charge in [0, 0.05) is 16.9 Å². The Kier molecular flexibility index (Phi) is 4.62. The zero-order valence-electron chi connectivity index (χ0n) is 12.7. The summed E-state index contributed by atoms with van der Waals surface area (Å²) < 4.78 is 24.2. The highest BCUT2D eigenvalue weighted by atomic mass is 32.2. The number of methoxy groups -OCH3 is 1. The van der Waals surface area contributed by atoms with Gasteiger partial charge in [-0.1, -0.05) is 29.5 Å². The van der Waals surface area contributed by atoms with Crippen LogP contribution in [0.25, 0.3) is 11.5 Å². The van der Waals surface area contributed by atoms with Crippen LogP contribution in [0.4, 0.5) is 4.39 Å². The van der Waals surface area contributed by atoms with Crippen LogP contribution in [0.5, 0.6) is 5.75 Å². The standard InChI is InChI=1S/C17H15FN2O2S/c1-11-4-3-5-12(8-11)16-19-20-17(22-16)23-10-13-9-14(18)6-7-15(13)21-2/h3-9H,10H2,1-2H3. The van der Waals surface area contributed by atoms with Gasteiger partial charge in [-0.3, -0.25) is 0 Å². The number of aryl methyl sites for hydroxylation is 1. The summed E-state index contributed by atoms with van der Waals surface area (Å²) in [6.45, 7) is 2.01. The summed E-state index contributed by atoms with van der Waals surface area (Å²) in [5, 5.41) is 8.52. The van der Waals surface area contributed by atoms with Gasteiger partial charge < -0.3 is 9.15 Å². The third-order valence-electron chi connectivity index (χ3n) is 3.27. The SMILES string of the molecule is COc1ccc(F)cc1CSc1nnc(-c2cccc(C)c2)o1. The Morgan fingerprint density at radius 3 is 2.83 bits per heavy atom. The number of thioether (sulfide) groups is 1. The normalized spacial score (nSPS) is 10.7. The molecule has 0 saturated carbocycles. The molecular formula is C17H15FN2O2S. The van der Waals surface area contributed by atoms with Crippen LogP contribution in [0.3, 0.4) is 0 Å². The number of aromatic nitrogens is 2. The molecule has 6 heteroatoms. The van der Waals surface area contributed by atoms with Crippen molar-refractivity contribution in [2.45, 2.75) is 17.9 Å². The summed E-state index contributed by atoms with van der Waals surface area (Å²) in [6.07, 6.45) is 0. The molecule has 3 aromatic rings. The Labute approximate surface area is 137 Å². The Balaban J connectivity index is 1.74. The minimum atomic E-state index is -0.299. The lowest BCUT2D eigenvalue weighted by Crippen LogP contribution is -1.91. The molecule has 0 fully saturated rings. The maximum absolute atomic E-state index is 13.4. The van der Waals surface area contributed by atoms with Crippen molar-refractivity contribution in [2.24, 2.45) is 0 Å². The summed E-state index contributed by atoms with van der Waals surface area (Å²) in [4.78, 5) is 0. The molecule has 118 valence electrons. The van der Waals surface area contributed by atoms with Gasteiger partial charge in [0.2, 0.25) is 5.89 Å². The number of hydrogen-bond acceptors (Lipinski definition) is 5. The van der Waals surface area contributed by atoms with Gasteiger partial charge >= 0.3 is 0 Å². The van der Waals surface area contributed by atoms with Crippen LogP contribution in [0.2, 0.25) is 0 Å². The zero-order valence-corrected chi connectivity index (χ0v) is 13.6. The molecule has 0 amide bonds. The number of nitrogens with zero attached hydrogens (tertiary/aromatic N) is 2. The summed E-state index contributed by atoms with van der Waals surface area (Å²) in [7, 11) is 1.56. The number of hydrogen-bond donors (Lipinski definition) is 0. The lowest BCUT2D eigenvalue weighted by Gasteiger charge is -2.06. The Bertz CT molecular complexity index is 820. The van der Waals surface area contributed by atoms with Gasteiger partial charge in [-0.25, -0.2) is 4.39 Å². The summed E-state index contributed by atoms with van der Waals surface area (Å²) >= 11 is 1.34. The van der Waals surface area contributed by atoms with E-state index < -0.39 is 0 Å². The third kappa shape index (κ3) is 3.71. The van der Waals surface area contributed by atoms with E-state index in [9.17, 15) is 4.39 Å². The number of benzene rings is 2. The molecule has 4 nitrogen and oxygen atoms in total. The first-order chi connectivity index (χ1) is 11.2. The van der Waals surface area contributed by atoms with E-state index in [1.54, 1.807) is 13.2 Å². The van der Waals surface area contributed by atoms with Crippen molar-refractivity contribution in [3.63, 3.8) is 0 Å². The molecule has 0 bridgehead atoms. The van der Waals surface area contributed by atoms with E-state index in [0.29, 0.717) is 22.6 Å². The van der Waals surface area contributed by atoms with E-state index in [0.717, 1.165) is 16.7 Å². The predicted molar refractivity (Wildman–Crippen MR) is 87.0 cm³/mol. The van der Waals surface area contributed by atoms with Gasteiger partial charge in [-0.2, -0.15) is 0 Å². The molecule has 0 saturated heterocycles. The highest BCUT2D eigenvalue weighted by Gasteiger charge is 2.11. The van der Waals surface area contributed by atoms with Gasteiger partial charge in [0.1, 0.15) is 11.6 Å². The molecular weight excluding hydrogens is 315 g/mol. The van der Waals surface area contributed by atoms with Gasteiger partial charge in [-0.15, -0.1) is 10.2 Å². The molecule has 1 heterocycles. The average molecular weight is 330 g/mol. The van der Waals surface area contributed by atoms with Crippen molar-refractivity contribution >= 4 is 11.8 Å². The maximum atomic E-state index is 13.4. The molecule has 23 heavy (non-hydrogen) atoms. The fraction of sp³-hybridized carbons (Fsp3) is 0.176. The van der Waals surface area contributed by atoms with Crippen LogP contribution in [0.1, 0.15) is 11.1 Å². The van der Waals surface area contributed by atoms with Gasteiger partial charge in [-0.05, 0) is 37.3 Å². The van der Waals surface area contributed by atoms with Crippen LogP contribution >= 0.6 is 11.8 Å². The largest absolute Gasteiger partial charge is 0.496 e. The highest BCUT2D eigenvalue weighted by molar-refractivity contribution is 7.98. The first-order valence-corrected chi connectivity index (χ1v) is 8.00. The van der Waals surface area contributed by atoms with Crippen molar-refractivity contribution in [3.8, 4) is 17.2 Å². The van der Waals surface area contributed by atoms with Crippen molar-refractivity contribution in [2.75, 3.05) is 7.11 Å². The van der Waals surface area contributed by atoms with E-state index in [1.165, 1.54) is 23.9 Å². The number of rotatable bonds is 5. The van der Waals surface area contributed by atoms with Gasteiger partial charge in [0.15, 0.2) is 0 Å². The van der Waals surface area contributed by atoms with Crippen LogP contribution in [-0.2, 0) is 5.75 Å². The van der Waals surface area contributed by atoms with E-state index >= 15 is 0 Å². The zero-order chi connectivity index (χ0) is 16.2. The smallest absolute Gasteiger partial charge is 0.277 e. The van der Waals surface area contributed by atoms with Gasteiger partial charge in [0.25, 0.3) is 5.22 Å². The third-order valence-corrected chi connectivity index (χ3v) is 4.13. The quantitative estimate of drug-likeness (QED) is 0.645. The fourth-order valence-corrected chi connectivity index (χ4v) is 2.90. The summed E-state index contributed by atoms with van der Waals surface area (Å²) in [5.41, 5.74) is 2.75. The molecule has 0 aliphatic rings. The van der Waals surface area contributed by atoms with E-state index in [2.05, 4.69) is 10.2 Å². The van der Waals surface area contributed by atoms with Gasteiger partial charge in [0.05, 0.1) is 7.11 Å². The number of halogens is 1. The minimum absolute atomic E-state index is 0.299. The Hall–Kier alpha value is -2.34. The van der Waals surface area contributed by atoms with E-state index in [1.807, 2.05) is 31.2 Å². The molecule has 2 aromatic carbocycles. The first kappa shape index (κ1) is 15.6. The lowest BCUT2D eigenvalue weighted by atomic mass is 10.1. The molecule has 0 atom stereocenters. The predicted octanol–water partition coefficient (Wildman–Crippen LogP) is 4.49. The lowest BCUT2D eigenvalue weighted by molar-refractivity contribution is 0.410. The van der Waals surface area contributed by atoms with Crippen molar-refractivity contribution in [3.05, 3.63) is 59.4 Å². The molecule has 0 N–H and O–H groups in total. The molecule has 0 aliphatic heterocycles. The molecule has 0 radical (unpaired) electrons. The van der Waals surface area contributed by atoms with Crippen LogP contribution in [0.15, 0.2) is 52.1 Å². The Morgan fingerprint density at radius 1 is 1.17 bits per heavy atom. The van der Waals surface area contributed by atoms with Crippen molar-refractivity contribution < 1.29 is 13.5 Å². The second kappa shape index (κ2) is 6.83. The van der Waals surface area contributed by atoms with Crippen molar-refractivity contribution in [1.82, 2.24) is 10.2 Å². The molecule has 0 spiro atoms. The van der Waals surface area contributed by atoms with E-state index in [-0.39, 0.29) is 5.82 Å². The highest BCUT2D eigenvalue weighted by Crippen LogP contribution is 2.29. The monoisotopic (exact) mass is 330 g/mol. The van der Waals surface area contributed by atoms with Crippen LogP contribution in [-0.4, -0.2) is 17.3 Å². The second-order valence-electron chi connectivity index (χ2n) is 4.99. The fourth-order valence-electron chi connectivity index (χ4n) is 2.16. The van der Waals surface area contributed by atoms with Crippen LogP contribution in [0, 0.1) is 12.7 Å². The Morgan fingerprint density at radius 2 is 2.04 bits per heavy atom.